The normalized spacial score (nSPS) is 16.6. The smallest absolute Gasteiger partial charge is 0.301 e. The number of rotatable bonds is 7. The number of aliphatic hydroxyl groups is 1. The van der Waals surface area contributed by atoms with Gasteiger partial charge in [0.25, 0.3) is 5.78 Å². The minimum atomic E-state index is -0.908. The van der Waals surface area contributed by atoms with Crippen molar-refractivity contribution in [3.8, 4) is 11.5 Å². The van der Waals surface area contributed by atoms with Crippen LogP contribution >= 0.6 is 11.3 Å². The molecule has 1 atom stereocenters. The number of hydrogen-bond acceptors (Lipinski definition) is 8. The third-order valence-corrected chi connectivity index (χ3v) is 7.03. The molecule has 0 aliphatic carbocycles. The summed E-state index contributed by atoms with van der Waals surface area (Å²) in [6, 6.07) is 20.9. The molecule has 1 unspecified atom stereocenters. The minimum absolute atomic E-state index is 0.0375. The average Bonchev–Trinajstić information content (AvgIpc) is 3.47. The summed E-state index contributed by atoms with van der Waals surface area (Å²) in [6.07, 6.45) is 0. The van der Waals surface area contributed by atoms with E-state index in [1.807, 2.05) is 25.1 Å². The molecule has 8 nitrogen and oxygen atoms in total. The van der Waals surface area contributed by atoms with E-state index < -0.39 is 17.7 Å². The van der Waals surface area contributed by atoms with Crippen molar-refractivity contribution in [3.63, 3.8) is 0 Å². The molecular formula is C29H25N3O5S. The molecule has 1 aromatic heterocycles. The van der Waals surface area contributed by atoms with Crippen molar-refractivity contribution in [1.29, 1.82) is 0 Å². The number of nitrogens with zero attached hydrogens (tertiary/aromatic N) is 3. The molecule has 2 heterocycles. The molecule has 1 fully saturated rings. The molecule has 5 rings (SSSR count). The topological polar surface area (TPSA) is 102 Å². The first-order chi connectivity index (χ1) is 18.4. The lowest BCUT2D eigenvalue weighted by Crippen LogP contribution is -2.29. The van der Waals surface area contributed by atoms with Crippen LogP contribution in [-0.4, -0.2) is 34.1 Å². The predicted octanol–water partition coefficient (Wildman–Crippen LogP) is 5.37. The van der Waals surface area contributed by atoms with Crippen molar-refractivity contribution < 1.29 is 24.2 Å². The van der Waals surface area contributed by atoms with Crippen LogP contribution in [0.4, 0.5) is 5.13 Å². The highest BCUT2D eigenvalue weighted by Crippen LogP contribution is 2.43. The van der Waals surface area contributed by atoms with Gasteiger partial charge < -0.3 is 14.6 Å². The molecule has 0 saturated carbocycles. The van der Waals surface area contributed by atoms with Crippen LogP contribution in [0.3, 0.4) is 0 Å². The van der Waals surface area contributed by atoms with Gasteiger partial charge in [-0.2, -0.15) is 0 Å². The Balaban J connectivity index is 1.51. The van der Waals surface area contributed by atoms with Gasteiger partial charge in [-0.1, -0.05) is 53.3 Å². The molecular weight excluding hydrogens is 502 g/mol. The zero-order chi connectivity index (χ0) is 26.8. The quantitative estimate of drug-likeness (QED) is 0.196. The highest BCUT2D eigenvalue weighted by molar-refractivity contribution is 7.15. The molecule has 1 aliphatic rings. The molecule has 3 aromatic carbocycles. The molecule has 4 aromatic rings. The van der Waals surface area contributed by atoms with E-state index in [1.54, 1.807) is 55.5 Å². The number of anilines is 1. The van der Waals surface area contributed by atoms with Gasteiger partial charge in [-0.15, -0.1) is 10.2 Å². The Bertz CT molecular complexity index is 1540. The highest BCUT2D eigenvalue weighted by atomic mass is 32.1. The number of methoxy groups -OCH3 is 1. The summed E-state index contributed by atoms with van der Waals surface area (Å²) in [4.78, 5) is 27.8. The fourth-order valence-electron chi connectivity index (χ4n) is 4.37. The number of Topliss-reactive ketones (excluding diaryl/α,β-unsaturated/α-hetero) is 1. The Labute approximate surface area is 223 Å². The van der Waals surface area contributed by atoms with Crippen LogP contribution in [0.2, 0.25) is 0 Å². The van der Waals surface area contributed by atoms with Crippen molar-refractivity contribution in [2.45, 2.75) is 26.5 Å². The number of ketones is 1. The Morgan fingerprint density at radius 2 is 1.74 bits per heavy atom. The molecule has 38 heavy (non-hydrogen) atoms. The van der Waals surface area contributed by atoms with Crippen LogP contribution in [0.1, 0.15) is 33.3 Å². The molecule has 1 saturated heterocycles. The Kier molecular flexibility index (Phi) is 6.93. The molecule has 1 amide bonds. The lowest BCUT2D eigenvalue weighted by atomic mass is 9.95. The number of amides is 1. The maximum Gasteiger partial charge on any atom is 0.301 e. The number of carbonyl (C=O) groups is 2. The summed E-state index contributed by atoms with van der Waals surface area (Å²) in [5, 5.41) is 20.4. The van der Waals surface area contributed by atoms with E-state index in [4.69, 9.17) is 9.47 Å². The first-order valence-electron chi connectivity index (χ1n) is 11.9. The lowest BCUT2D eigenvalue weighted by Gasteiger charge is -2.23. The van der Waals surface area contributed by atoms with Crippen molar-refractivity contribution in [1.82, 2.24) is 10.2 Å². The van der Waals surface area contributed by atoms with Crippen molar-refractivity contribution in [2.75, 3.05) is 12.0 Å². The van der Waals surface area contributed by atoms with Crippen LogP contribution in [-0.2, 0) is 16.2 Å². The molecule has 9 heteroatoms. The van der Waals surface area contributed by atoms with Gasteiger partial charge in [0.1, 0.15) is 28.9 Å². The maximum absolute atomic E-state index is 13.3. The van der Waals surface area contributed by atoms with E-state index >= 15 is 0 Å². The second-order valence-corrected chi connectivity index (χ2v) is 10.0. The molecule has 0 radical (unpaired) electrons. The van der Waals surface area contributed by atoms with E-state index in [0.29, 0.717) is 34.2 Å². The molecule has 0 bridgehead atoms. The van der Waals surface area contributed by atoms with Gasteiger partial charge in [-0.05, 0) is 61.4 Å². The largest absolute Gasteiger partial charge is 0.507 e. The highest BCUT2D eigenvalue weighted by Gasteiger charge is 2.48. The summed E-state index contributed by atoms with van der Waals surface area (Å²) in [7, 11) is 1.53. The first kappa shape index (κ1) is 25.2. The monoisotopic (exact) mass is 527 g/mol. The number of aliphatic hydroxyl groups excluding tert-OH is 1. The Morgan fingerprint density at radius 3 is 2.42 bits per heavy atom. The first-order valence-corrected chi connectivity index (χ1v) is 12.7. The summed E-state index contributed by atoms with van der Waals surface area (Å²) in [6.45, 7) is 4.19. The van der Waals surface area contributed by atoms with E-state index in [1.165, 1.54) is 23.3 Å². The molecule has 192 valence electrons. The Morgan fingerprint density at radius 1 is 0.974 bits per heavy atom. The SMILES string of the molecule is COc1cccc(C2/C(=C(/O)c3ccc(OCc4cccc(C)c4)cc3)C(=O)C(=O)N2c2nnc(C)s2)c1. The number of aromatic nitrogens is 2. The van der Waals surface area contributed by atoms with Crippen LogP contribution in [0.15, 0.2) is 78.4 Å². The van der Waals surface area contributed by atoms with Gasteiger partial charge in [-0.25, -0.2) is 0 Å². The van der Waals surface area contributed by atoms with E-state index in [0.717, 1.165) is 11.1 Å². The fourth-order valence-corrected chi connectivity index (χ4v) is 5.09. The second kappa shape index (κ2) is 10.5. The zero-order valence-electron chi connectivity index (χ0n) is 21.0. The predicted molar refractivity (Wildman–Crippen MR) is 144 cm³/mol. The summed E-state index contributed by atoms with van der Waals surface area (Å²) in [5.74, 6) is -0.712. The number of aryl methyl sites for hydroxylation is 2. The maximum atomic E-state index is 13.3. The lowest BCUT2D eigenvalue weighted by molar-refractivity contribution is -0.132. The molecule has 0 spiro atoms. The standard InChI is InChI=1S/C29H25N3O5S/c1-17-6-4-7-19(14-17)16-37-22-12-10-20(11-13-22)26(33)24-25(21-8-5-9-23(15-21)36-3)32(28(35)27(24)34)29-31-30-18(2)38-29/h4-15,25,33H,16H2,1-3H3/b26-24-. The summed E-state index contributed by atoms with van der Waals surface area (Å²) in [5.41, 5.74) is 3.13. The number of hydrogen-bond donors (Lipinski definition) is 1. The third-order valence-electron chi connectivity index (χ3n) is 6.19. The summed E-state index contributed by atoms with van der Waals surface area (Å²) < 4.78 is 11.2. The van der Waals surface area contributed by atoms with Crippen LogP contribution in [0.5, 0.6) is 11.5 Å². The number of carbonyl (C=O) groups excluding carboxylic acids is 2. The van der Waals surface area contributed by atoms with Crippen LogP contribution in [0, 0.1) is 13.8 Å². The van der Waals surface area contributed by atoms with Gasteiger partial charge in [0.2, 0.25) is 5.13 Å². The fraction of sp³-hybridized carbons (Fsp3) is 0.172. The number of benzene rings is 3. The molecule has 1 N–H and O–H groups in total. The second-order valence-electron chi connectivity index (χ2n) is 8.85. The average molecular weight is 528 g/mol. The van der Waals surface area contributed by atoms with Gasteiger partial charge in [0.15, 0.2) is 0 Å². The summed E-state index contributed by atoms with van der Waals surface area (Å²) >= 11 is 1.19. The van der Waals surface area contributed by atoms with E-state index in [9.17, 15) is 14.7 Å². The Hall–Kier alpha value is -4.50. The van der Waals surface area contributed by atoms with Crippen LogP contribution in [0.25, 0.3) is 5.76 Å². The van der Waals surface area contributed by atoms with Gasteiger partial charge in [0, 0.05) is 5.56 Å². The zero-order valence-corrected chi connectivity index (χ0v) is 21.9. The molecule has 1 aliphatic heterocycles. The third kappa shape index (κ3) is 4.88. The number of ether oxygens (including phenoxy) is 2. The van der Waals surface area contributed by atoms with Gasteiger partial charge >= 0.3 is 5.91 Å². The van der Waals surface area contributed by atoms with Crippen molar-refractivity contribution >= 4 is 33.9 Å². The van der Waals surface area contributed by atoms with Gasteiger partial charge in [0.05, 0.1) is 18.7 Å². The van der Waals surface area contributed by atoms with E-state index in [-0.39, 0.29) is 16.5 Å². The van der Waals surface area contributed by atoms with Crippen LogP contribution < -0.4 is 14.4 Å². The minimum Gasteiger partial charge on any atom is -0.507 e. The van der Waals surface area contributed by atoms with Crippen molar-refractivity contribution in [3.05, 3.63) is 106 Å². The van der Waals surface area contributed by atoms with Gasteiger partial charge in [-0.3, -0.25) is 14.5 Å². The van der Waals surface area contributed by atoms with Crippen molar-refractivity contribution in [2.24, 2.45) is 0 Å². The van der Waals surface area contributed by atoms with E-state index in [2.05, 4.69) is 16.3 Å².